The molecule has 0 heterocycles. The van der Waals surface area contributed by atoms with Gasteiger partial charge in [0.15, 0.2) is 17.1 Å². The van der Waals surface area contributed by atoms with E-state index in [0.717, 1.165) is 10.5 Å². The zero-order valence-electron chi connectivity index (χ0n) is 16.9. The second-order valence-electron chi connectivity index (χ2n) is 6.61. The average Bonchev–Trinajstić information content (AvgIpc) is 2.71. The van der Waals surface area contributed by atoms with Gasteiger partial charge in [0.1, 0.15) is 19.0 Å². The maximum absolute atomic E-state index is 12.4. The lowest BCUT2D eigenvalue weighted by molar-refractivity contribution is -0.160. The zero-order chi connectivity index (χ0) is 22.1. The first kappa shape index (κ1) is 23.3. The number of esters is 1. The molecule has 0 aliphatic rings. The summed E-state index contributed by atoms with van der Waals surface area (Å²) < 4.78 is 22.7. The van der Waals surface area contributed by atoms with Gasteiger partial charge in [-0.2, -0.15) is 0 Å². The number of carboxylic acids is 1. The van der Waals surface area contributed by atoms with Crippen LogP contribution >= 0.6 is 15.9 Å². The van der Waals surface area contributed by atoms with Gasteiger partial charge < -0.3 is 24.1 Å². The predicted octanol–water partition coefficient (Wildman–Crippen LogP) is 4.34. The number of carbonyl (C=O) groups excluding carboxylic acids is 1. The molecule has 0 aliphatic carbocycles. The average molecular weight is 479 g/mol. The van der Waals surface area contributed by atoms with E-state index < -0.39 is 17.5 Å². The van der Waals surface area contributed by atoms with Crippen molar-refractivity contribution in [2.24, 2.45) is 0 Å². The maximum atomic E-state index is 12.4. The summed E-state index contributed by atoms with van der Waals surface area (Å²) in [7, 11) is 1.48. The quantitative estimate of drug-likeness (QED) is 0.308. The molecule has 0 amide bonds. The van der Waals surface area contributed by atoms with Gasteiger partial charge in [-0.1, -0.05) is 18.2 Å². The number of methoxy groups -OCH3 is 1. The van der Waals surface area contributed by atoms with E-state index in [-0.39, 0.29) is 13.2 Å². The van der Waals surface area contributed by atoms with Crippen LogP contribution in [0.2, 0.25) is 0 Å². The van der Waals surface area contributed by atoms with E-state index in [2.05, 4.69) is 15.9 Å². The van der Waals surface area contributed by atoms with Crippen molar-refractivity contribution in [2.75, 3.05) is 20.3 Å². The molecule has 0 atom stereocenters. The first-order valence-electron chi connectivity index (χ1n) is 9.05. The fourth-order valence-electron chi connectivity index (χ4n) is 2.38. The Bertz CT molecular complexity index is 921. The molecular formula is C22H23BrO7. The molecule has 8 heteroatoms. The van der Waals surface area contributed by atoms with Crippen molar-refractivity contribution in [1.82, 2.24) is 0 Å². The molecule has 30 heavy (non-hydrogen) atoms. The minimum absolute atomic E-state index is 0.0193. The Labute approximate surface area is 183 Å². The Hall–Kier alpha value is -3.00. The lowest BCUT2D eigenvalue weighted by Crippen LogP contribution is -2.40. The normalized spacial score (nSPS) is 11.2. The van der Waals surface area contributed by atoms with E-state index in [9.17, 15) is 9.59 Å². The van der Waals surface area contributed by atoms with Crippen LogP contribution in [-0.4, -0.2) is 43.0 Å². The van der Waals surface area contributed by atoms with Crippen LogP contribution in [0, 0.1) is 0 Å². The molecule has 2 aromatic carbocycles. The van der Waals surface area contributed by atoms with Gasteiger partial charge in [0, 0.05) is 6.08 Å². The SMILES string of the molecule is COc1cc(/C=C/C(=O)O)ccc1OCCOC(=O)C(C)(C)Oc1ccccc1Br. The largest absolute Gasteiger partial charge is 0.493 e. The molecule has 2 rings (SSSR count). The molecule has 0 fully saturated rings. The van der Waals surface area contributed by atoms with Crippen LogP contribution in [-0.2, 0) is 14.3 Å². The number of aliphatic carboxylic acids is 1. The summed E-state index contributed by atoms with van der Waals surface area (Å²) in [5, 5.41) is 8.70. The summed E-state index contributed by atoms with van der Waals surface area (Å²) in [6.07, 6.45) is 2.48. The van der Waals surface area contributed by atoms with Crippen molar-refractivity contribution in [3.05, 3.63) is 58.6 Å². The van der Waals surface area contributed by atoms with Gasteiger partial charge in [-0.25, -0.2) is 9.59 Å². The van der Waals surface area contributed by atoms with Gasteiger partial charge in [-0.05, 0) is 65.7 Å². The number of rotatable bonds is 10. The number of carboxylic acid groups (broad SMARTS) is 1. The zero-order valence-corrected chi connectivity index (χ0v) is 18.5. The Morgan fingerprint density at radius 2 is 1.80 bits per heavy atom. The standard InChI is InChI=1S/C22H23BrO7/c1-22(2,30-17-7-5-4-6-16(17)23)21(26)29-13-12-28-18-10-8-15(9-11-20(24)25)14-19(18)27-3/h4-11,14H,12-13H2,1-3H3,(H,24,25)/b11-9+. The minimum Gasteiger partial charge on any atom is -0.493 e. The van der Waals surface area contributed by atoms with E-state index >= 15 is 0 Å². The topological polar surface area (TPSA) is 91.3 Å². The third-order valence-electron chi connectivity index (χ3n) is 3.87. The summed E-state index contributed by atoms with van der Waals surface area (Å²) in [6, 6.07) is 12.2. The molecule has 0 aliphatic heterocycles. The Balaban J connectivity index is 1.88. The summed E-state index contributed by atoms with van der Waals surface area (Å²) in [4.78, 5) is 23.0. The van der Waals surface area contributed by atoms with Gasteiger partial charge in [0.2, 0.25) is 0 Å². The van der Waals surface area contributed by atoms with E-state index in [4.69, 9.17) is 24.1 Å². The van der Waals surface area contributed by atoms with Gasteiger partial charge in [0.05, 0.1) is 11.6 Å². The molecule has 2 aromatic rings. The van der Waals surface area contributed by atoms with Crippen LogP contribution in [0.1, 0.15) is 19.4 Å². The number of para-hydroxylation sites is 1. The first-order chi connectivity index (χ1) is 14.2. The second kappa shape index (κ2) is 10.7. The van der Waals surface area contributed by atoms with Crippen molar-refractivity contribution in [1.29, 1.82) is 0 Å². The number of ether oxygens (including phenoxy) is 4. The molecule has 0 saturated carbocycles. The number of halogens is 1. The Kier molecular flexibility index (Phi) is 8.29. The number of hydrogen-bond acceptors (Lipinski definition) is 6. The summed E-state index contributed by atoms with van der Waals surface area (Å²) >= 11 is 3.38. The highest BCUT2D eigenvalue weighted by Gasteiger charge is 2.32. The van der Waals surface area contributed by atoms with Crippen molar-refractivity contribution in [2.45, 2.75) is 19.4 Å². The maximum Gasteiger partial charge on any atom is 0.350 e. The lowest BCUT2D eigenvalue weighted by atomic mass is 10.1. The smallest absolute Gasteiger partial charge is 0.350 e. The summed E-state index contributed by atoms with van der Waals surface area (Å²) in [5.41, 5.74) is -0.529. The molecule has 0 radical (unpaired) electrons. The van der Waals surface area contributed by atoms with Crippen LogP contribution in [0.5, 0.6) is 17.2 Å². The van der Waals surface area contributed by atoms with Crippen LogP contribution in [0.4, 0.5) is 0 Å². The van der Waals surface area contributed by atoms with Crippen molar-refractivity contribution >= 4 is 33.9 Å². The van der Waals surface area contributed by atoms with E-state index in [1.54, 1.807) is 38.1 Å². The van der Waals surface area contributed by atoms with Crippen molar-refractivity contribution < 1.29 is 33.6 Å². The van der Waals surface area contributed by atoms with Crippen LogP contribution in [0.15, 0.2) is 53.0 Å². The van der Waals surface area contributed by atoms with Crippen LogP contribution in [0.3, 0.4) is 0 Å². The molecule has 0 bridgehead atoms. The van der Waals surface area contributed by atoms with E-state index in [1.165, 1.54) is 13.2 Å². The highest BCUT2D eigenvalue weighted by atomic mass is 79.9. The van der Waals surface area contributed by atoms with Gasteiger partial charge in [-0.3, -0.25) is 0 Å². The first-order valence-corrected chi connectivity index (χ1v) is 9.85. The van der Waals surface area contributed by atoms with Gasteiger partial charge >= 0.3 is 11.9 Å². The van der Waals surface area contributed by atoms with Crippen LogP contribution in [0.25, 0.3) is 6.08 Å². The molecule has 0 saturated heterocycles. The fraction of sp³-hybridized carbons (Fsp3) is 0.273. The number of hydrogen-bond donors (Lipinski definition) is 1. The van der Waals surface area contributed by atoms with Gasteiger partial charge in [-0.15, -0.1) is 0 Å². The molecule has 7 nitrogen and oxygen atoms in total. The second-order valence-corrected chi connectivity index (χ2v) is 7.46. The lowest BCUT2D eigenvalue weighted by Gasteiger charge is -2.25. The van der Waals surface area contributed by atoms with Crippen molar-refractivity contribution in [3.63, 3.8) is 0 Å². The van der Waals surface area contributed by atoms with Crippen LogP contribution < -0.4 is 14.2 Å². The molecular weight excluding hydrogens is 456 g/mol. The minimum atomic E-state index is -1.18. The molecule has 0 aromatic heterocycles. The number of carbonyl (C=O) groups is 2. The number of benzene rings is 2. The summed E-state index contributed by atoms with van der Waals surface area (Å²) in [5.74, 6) is -0.140. The predicted molar refractivity (Wildman–Crippen MR) is 115 cm³/mol. The Morgan fingerprint density at radius 1 is 1.07 bits per heavy atom. The van der Waals surface area contributed by atoms with Crippen molar-refractivity contribution in [3.8, 4) is 17.2 Å². The molecule has 0 unspecified atom stereocenters. The third-order valence-corrected chi connectivity index (χ3v) is 4.53. The van der Waals surface area contributed by atoms with Gasteiger partial charge in [0.25, 0.3) is 0 Å². The highest BCUT2D eigenvalue weighted by molar-refractivity contribution is 9.10. The molecule has 0 spiro atoms. The molecule has 1 N–H and O–H groups in total. The fourth-order valence-corrected chi connectivity index (χ4v) is 2.74. The molecule has 160 valence electrons. The highest BCUT2D eigenvalue weighted by Crippen LogP contribution is 2.29. The monoisotopic (exact) mass is 478 g/mol. The third kappa shape index (κ3) is 6.81. The van der Waals surface area contributed by atoms with E-state index in [1.807, 2.05) is 18.2 Å². The van der Waals surface area contributed by atoms with E-state index in [0.29, 0.717) is 22.8 Å². The summed E-state index contributed by atoms with van der Waals surface area (Å²) in [6.45, 7) is 3.38. The Morgan fingerprint density at radius 3 is 2.47 bits per heavy atom.